The summed E-state index contributed by atoms with van der Waals surface area (Å²) in [6, 6.07) is -0.769. The third-order valence-electron chi connectivity index (χ3n) is 0.684. The minimum Gasteiger partial charge on any atom is -0.448 e. The zero-order chi connectivity index (χ0) is 8.15. The monoisotopic (exact) mass is 167 g/mol. The molecule has 0 aromatic heterocycles. The highest BCUT2D eigenvalue weighted by Gasteiger charge is 2.07. The molecule has 0 aromatic carbocycles. The van der Waals surface area contributed by atoms with Crippen LogP contribution in [0.25, 0.3) is 0 Å². The first-order valence-electron chi connectivity index (χ1n) is 2.58. The lowest BCUT2D eigenvalue weighted by Gasteiger charge is -2.01. The molecule has 0 bridgehead atoms. The Morgan fingerprint density at radius 2 is 2.20 bits per heavy atom. The second-order valence-corrected chi connectivity index (χ2v) is 2.64. The van der Waals surface area contributed by atoms with Crippen LogP contribution in [-0.4, -0.2) is 26.4 Å². The number of carbonyl (C=O) groups is 1. The first-order chi connectivity index (χ1) is 4.54. The van der Waals surface area contributed by atoms with Crippen LogP contribution >= 0.6 is 0 Å². The quantitative estimate of drug-likeness (QED) is 0.392. The molecule has 0 fully saturated rings. The Balaban J connectivity index is 3.60. The van der Waals surface area contributed by atoms with Crippen LogP contribution in [0.15, 0.2) is 0 Å². The molecule has 0 radical (unpaired) electrons. The molecule has 2 N–H and O–H groups in total. The van der Waals surface area contributed by atoms with Gasteiger partial charge in [-0.25, -0.2) is 8.42 Å². The molecular formula is C4H9NO4S. The SMILES string of the molecule is C[C@H](N)C(=O)OC[SH](=O)=O. The number of hydrogen-bond acceptors (Lipinski definition) is 5. The summed E-state index contributed by atoms with van der Waals surface area (Å²) < 4.78 is 23.9. The summed E-state index contributed by atoms with van der Waals surface area (Å²) in [5, 5.41) is 0. The van der Waals surface area contributed by atoms with Gasteiger partial charge in [-0.3, -0.25) is 4.79 Å². The highest BCUT2D eigenvalue weighted by atomic mass is 32.2. The molecule has 10 heavy (non-hydrogen) atoms. The number of thiol groups is 1. The first kappa shape index (κ1) is 9.38. The maximum Gasteiger partial charge on any atom is 0.323 e. The van der Waals surface area contributed by atoms with Gasteiger partial charge in [-0.2, -0.15) is 0 Å². The normalized spacial score (nSPS) is 13.1. The van der Waals surface area contributed by atoms with Gasteiger partial charge in [0.25, 0.3) is 0 Å². The van der Waals surface area contributed by atoms with E-state index in [2.05, 4.69) is 4.74 Å². The van der Waals surface area contributed by atoms with E-state index in [-0.39, 0.29) is 0 Å². The van der Waals surface area contributed by atoms with Crippen molar-refractivity contribution in [3.63, 3.8) is 0 Å². The largest absolute Gasteiger partial charge is 0.448 e. The van der Waals surface area contributed by atoms with E-state index in [9.17, 15) is 13.2 Å². The van der Waals surface area contributed by atoms with Gasteiger partial charge >= 0.3 is 5.97 Å². The van der Waals surface area contributed by atoms with Gasteiger partial charge in [0.05, 0.1) is 0 Å². The Bertz CT molecular complexity index is 178. The summed E-state index contributed by atoms with van der Waals surface area (Å²) in [6.45, 7) is 1.42. The standard InChI is InChI=1S/C4H9NO4S/c1-3(5)4(6)9-2-10(7)8/h3,10H,2,5H2,1H3/t3-/m0/s1. The third kappa shape index (κ3) is 4.28. The maximum atomic E-state index is 10.4. The second kappa shape index (κ2) is 4.24. The average molecular weight is 167 g/mol. The minimum absolute atomic E-state index is 0.588. The molecule has 0 aromatic rings. The van der Waals surface area contributed by atoms with E-state index >= 15 is 0 Å². The van der Waals surface area contributed by atoms with E-state index in [0.29, 0.717) is 0 Å². The van der Waals surface area contributed by atoms with Gasteiger partial charge in [0.2, 0.25) is 0 Å². The molecule has 6 heteroatoms. The fraction of sp³-hybridized carbons (Fsp3) is 0.750. The summed E-state index contributed by atoms with van der Waals surface area (Å²) in [5.74, 6) is -1.30. The van der Waals surface area contributed by atoms with Gasteiger partial charge in [-0.15, -0.1) is 0 Å². The van der Waals surface area contributed by atoms with Crippen molar-refractivity contribution in [2.45, 2.75) is 13.0 Å². The minimum atomic E-state index is -2.66. The third-order valence-corrected chi connectivity index (χ3v) is 1.02. The van der Waals surface area contributed by atoms with Crippen molar-refractivity contribution in [1.82, 2.24) is 0 Å². The molecule has 5 nitrogen and oxygen atoms in total. The molecule has 1 atom stereocenters. The number of hydrogen-bond donors (Lipinski definition) is 2. The topological polar surface area (TPSA) is 86.5 Å². The molecule has 0 aliphatic heterocycles. The van der Waals surface area contributed by atoms with Crippen LogP contribution in [0.5, 0.6) is 0 Å². The predicted molar refractivity (Wildman–Crippen MR) is 34.9 cm³/mol. The zero-order valence-electron chi connectivity index (χ0n) is 5.44. The highest BCUT2D eigenvalue weighted by Crippen LogP contribution is 1.82. The van der Waals surface area contributed by atoms with Crippen LogP contribution in [0.2, 0.25) is 0 Å². The van der Waals surface area contributed by atoms with Gasteiger partial charge in [-0.1, -0.05) is 0 Å². The Morgan fingerprint density at radius 1 is 1.70 bits per heavy atom. The van der Waals surface area contributed by atoms with Gasteiger partial charge in [0.15, 0.2) is 16.6 Å². The molecule has 0 saturated carbocycles. The molecule has 0 rings (SSSR count). The molecule has 0 spiro atoms. The first-order valence-corrected chi connectivity index (χ1v) is 3.94. The molecule has 60 valence electrons. The summed E-state index contributed by atoms with van der Waals surface area (Å²) >= 11 is 0. The van der Waals surface area contributed by atoms with E-state index in [1.807, 2.05) is 0 Å². The van der Waals surface area contributed by atoms with Crippen LogP contribution in [0.1, 0.15) is 6.92 Å². The Morgan fingerprint density at radius 3 is 2.50 bits per heavy atom. The molecular weight excluding hydrogens is 158 g/mol. The summed E-state index contributed by atoms with van der Waals surface area (Å²) in [5.41, 5.74) is 5.05. The number of carbonyl (C=O) groups excluding carboxylic acids is 1. The van der Waals surface area contributed by atoms with E-state index in [0.717, 1.165) is 0 Å². The van der Waals surface area contributed by atoms with Gasteiger partial charge < -0.3 is 10.5 Å². The van der Waals surface area contributed by atoms with Crippen molar-refractivity contribution in [3.05, 3.63) is 0 Å². The average Bonchev–Trinajstić information content (AvgIpc) is 1.82. The van der Waals surface area contributed by atoms with Crippen LogP contribution in [-0.2, 0) is 20.2 Å². The van der Waals surface area contributed by atoms with Gasteiger partial charge in [0.1, 0.15) is 6.04 Å². The van der Waals surface area contributed by atoms with Crippen molar-refractivity contribution < 1.29 is 17.9 Å². The van der Waals surface area contributed by atoms with Crippen LogP contribution in [0, 0.1) is 0 Å². The van der Waals surface area contributed by atoms with Crippen molar-refractivity contribution >= 4 is 16.7 Å². The number of esters is 1. The van der Waals surface area contributed by atoms with E-state index < -0.39 is 28.7 Å². The molecule has 0 aliphatic rings. The van der Waals surface area contributed by atoms with Crippen molar-refractivity contribution in [3.8, 4) is 0 Å². The van der Waals surface area contributed by atoms with E-state index in [1.165, 1.54) is 6.92 Å². The Hall–Kier alpha value is -0.620. The summed E-state index contributed by atoms with van der Waals surface area (Å²) in [7, 11) is -2.66. The van der Waals surface area contributed by atoms with Crippen LogP contribution < -0.4 is 5.73 Å². The van der Waals surface area contributed by atoms with Crippen LogP contribution in [0.3, 0.4) is 0 Å². The van der Waals surface area contributed by atoms with E-state index in [1.54, 1.807) is 0 Å². The summed E-state index contributed by atoms with van der Waals surface area (Å²) in [6.07, 6.45) is 0. The van der Waals surface area contributed by atoms with Crippen molar-refractivity contribution in [2.75, 3.05) is 5.94 Å². The van der Waals surface area contributed by atoms with Gasteiger partial charge in [-0.05, 0) is 6.92 Å². The smallest absolute Gasteiger partial charge is 0.323 e. The zero-order valence-corrected chi connectivity index (χ0v) is 6.34. The Kier molecular flexibility index (Phi) is 3.97. The molecule has 0 aliphatic carbocycles. The molecule has 0 saturated heterocycles. The van der Waals surface area contributed by atoms with E-state index in [4.69, 9.17) is 5.73 Å². The number of rotatable bonds is 3. The lowest BCUT2D eigenvalue weighted by atomic mass is 10.4. The summed E-state index contributed by atoms with van der Waals surface area (Å²) in [4.78, 5) is 10.4. The fourth-order valence-electron chi connectivity index (χ4n) is 0.248. The lowest BCUT2D eigenvalue weighted by Crippen LogP contribution is -2.29. The predicted octanol–water partition coefficient (Wildman–Crippen LogP) is -1.55. The highest BCUT2D eigenvalue weighted by molar-refractivity contribution is 7.72. The maximum absolute atomic E-state index is 10.4. The number of ether oxygens (including phenoxy) is 1. The lowest BCUT2D eigenvalue weighted by molar-refractivity contribution is -0.142. The van der Waals surface area contributed by atoms with Crippen molar-refractivity contribution in [2.24, 2.45) is 5.73 Å². The fourth-order valence-corrected chi connectivity index (χ4v) is 0.480. The van der Waals surface area contributed by atoms with Crippen LogP contribution in [0.4, 0.5) is 0 Å². The number of nitrogens with two attached hydrogens (primary N) is 1. The van der Waals surface area contributed by atoms with Gasteiger partial charge in [0, 0.05) is 0 Å². The molecule has 0 heterocycles. The Labute approximate surface area is 60.1 Å². The second-order valence-electron chi connectivity index (χ2n) is 1.71. The van der Waals surface area contributed by atoms with Crippen molar-refractivity contribution in [1.29, 1.82) is 0 Å². The molecule has 0 amide bonds. The molecule has 0 unspecified atom stereocenters.